The zero-order chi connectivity index (χ0) is 15.7. The molecule has 110 valence electrons. The molecule has 0 spiro atoms. The summed E-state index contributed by atoms with van der Waals surface area (Å²) in [6, 6.07) is 13.0. The lowest BCUT2D eigenvalue weighted by molar-refractivity contribution is 0.0688. The Bertz CT molecular complexity index is 841. The van der Waals surface area contributed by atoms with Crippen molar-refractivity contribution in [2.75, 3.05) is 0 Å². The zero-order valence-corrected chi connectivity index (χ0v) is 11.7. The van der Waals surface area contributed by atoms with Gasteiger partial charge in [-0.15, -0.1) is 5.10 Å². The summed E-state index contributed by atoms with van der Waals surface area (Å²) in [5.74, 6) is -1.76. The van der Waals surface area contributed by atoms with Crippen LogP contribution in [0.4, 0.5) is 4.39 Å². The van der Waals surface area contributed by atoms with Crippen LogP contribution in [-0.2, 0) is 0 Å². The van der Waals surface area contributed by atoms with Gasteiger partial charge >= 0.3 is 5.97 Å². The lowest BCUT2D eigenvalue weighted by Crippen LogP contribution is -2.09. The molecular formula is C16H12FN3O2. The minimum atomic E-state index is -1.22. The minimum Gasteiger partial charge on any atom is -0.476 e. The number of carboxylic acids is 1. The van der Waals surface area contributed by atoms with Crippen LogP contribution in [0.2, 0.25) is 0 Å². The summed E-state index contributed by atoms with van der Waals surface area (Å²) >= 11 is 0. The molecule has 0 aliphatic rings. The van der Waals surface area contributed by atoms with Gasteiger partial charge in [-0.05, 0) is 31.2 Å². The van der Waals surface area contributed by atoms with Crippen LogP contribution in [0.15, 0.2) is 48.5 Å². The fourth-order valence-corrected chi connectivity index (χ4v) is 2.18. The van der Waals surface area contributed by atoms with E-state index in [4.69, 9.17) is 0 Å². The molecule has 0 unspecified atom stereocenters. The molecule has 0 saturated heterocycles. The Morgan fingerprint density at radius 2 is 1.82 bits per heavy atom. The molecule has 2 aromatic carbocycles. The number of benzene rings is 2. The molecule has 0 bridgehead atoms. The van der Waals surface area contributed by atoms with Crippen molar-refractivity contribution in [1.82, 2.24) is 15.0 Å². The van der Waals surface area contributed by atoms with E-state index in [0.29, 0.717) is 5.69 Å². The molecule has 0 fully saturated rings. The normalized spacial score (nSPS) is 10.6. The van der Waals surface area contributed by atoms with E-state index in [1.165, 1.54) is 22.9 Å². The first-order valence-electron chi connectivity index (χ1n) is 6.59. The summed E-state index contributed by atoms with van der Waals surface area (Å²) < 4.78 is 15.1. The van der Waals surface area contributed by atoms with Gasteiger partial charge in [0.05, 0.1) is 5.69 Å². The lowest BCUT2D eigenvalue weighted by Gasteiger charge is -2.05. The van der Waals surface area contributed by atoms with Crippen molar-refractivity contribution in [2.45, 2.75) is 6.92 Å². The fraction of sp³-hybridized carbons (Fsp3) is 0.0625. The maximum Gasteiger partial charge on any atom is 0.357 e. The van der Waals surface area contributed by atoms with Crippen LogP contribution in [0.1, 0.15) is 16.1 Å². The Labute approximate surface area is 125 Å². The van der Waals surface area contributed by atoms with E-state index in [1.54, 1.807) is 18.2 Å². The van der Waals surface area contributed by atoms with Crippen LogP contribution in [-0.4, -0.2) is 26.1 Å². The third-order valence-corrected chi connectivity index (χ3v) is 3.28. The number of hydrogen-bond acceptors (Lipinski definition) is 3. The Hall–Kier alpha value is -3.02. The predicted octanol–water partition coefficient (Wildman–Crippen LogP) is 3.08. The summed E-state index contributed by atoms with van der Waals surface area (Å²) in [6.07, 6.45) is 0. The van der Waals surface area contributed by atoms with Crippen molar-refractivity contribution in [1.29, 1.82) is 0 Å². The average molecular weight is 297 g/mol. The number of aromatic carboxylic acids is 1. The minimum absolute atomic E-state index is 0.00572. The van der Waals surface area contributed by atoms with Gasteiger partial charge < -0.3 is 5.11 Å². The summed E-state index contributed by atoms with van der Waals surface area (Å²) in [6.45, 7) is 1.92. The molecule has 0 amide bonds. The van der Waals surface area contributed by atoms with Gasteiger partial charge in [0.2, 0.25) is 0 Å². The number of hydrogen-bond donors (Lipinski definition) is 1. The van der Waals surface area contributed by atoms with Crippen molar-refractivity contribution in [3.63, 3.8) is 0 Å². The average Bonchev–Trinajstić information content (AvgIpc) is 2.93. The van der Waals surface area contributed by atoms with Gasteiger partial charge in [-0.2, -0.15) is 0 Å². The highest BCUT2D eigenvalue weighted by Crippen LogP contribution is 2.25. The van der Waals surface area contributed by atoms with E-state index in [2.05, 4.69) is 10.3 Å². The third-order valence-electron chi connectivity index (χ3n) is 3.28. The molecule has 0 aliphatic carbocycles. The topological polar surface area (TPSA) is 68.0 Å². The summed E-state index contributed by atoms with van der Waals surface area (Å²) in [4.78, 5) is 11.6. The SMILES string of the molecule is Cc1ccc(-n2nnc(-c3ccccc3F)c2C(=O)O)cc1. The Balaban J connectivity index is 2.21. The molecule has 3 aromatic rings. The highest BCUT2D eigenvalue weighted by Gasteiger charge is 2.23. The second kappa shape index (κ2) is 5.40. The predicted molar refractivity (Wildman–Crippen MR) is 78.4 cm³/mol. The molecule has 5 nitrogen and oxygen atoms in total. The highest BCUT2D eigenvalue weighted by molar-refractivity contribution is 5.93. The fourth-order valence-electron chi connectivity index (χ4n) is 2.18. The van der Waals surface area contributed by atoms with Gasteiger partial charge in [-0.25, -0.2) is 13.9 Å². The van der Waals surface area contributed by atoms with Crippen LogP contribution >= 0.6 is 0 Å². The maximum absolute atomic E-state index is 13.9. The number of nitrogens with zero attached hydrogens (tertiary/aromatic N) is 3. The van der Waals surface area contributed by atoms with Crippen molar-refractivity contribution in [2.24, 2.45) is 0 Å². The summed E-state index contributed by atoms with van der Waals surface area (Å²) in [7, 11) is 0. The number of aromatic nitrogens is 3. The largest absolute Gasteiger partial charge is 0.476 e. The van der Waals surface area contributed by atoms with E-state index >= 15 is 0 Å². The van der Waals surface area contributed by atoms with Crippen molar-refractivity contribution < 1.29 is 14.3 Å². The number of halogens is 1. The van der Waals surface area contributed by atoms with Crippen molar-refractivity contribution in [3.8, 4) is 16.9 Å². The molecule has 0 aliphatic heterocycles. The second-order valence-electron chi connectivity index (χ2n) is 4.82. The molecule has 3 rings (SSSR count). The first-order chi connectivity index (χ1) is 10.6. The zero-order valence-electron chi connectivity index (χ0n) is 11.7. The van der Waals surface area contributed by atoms with Gasteiger partial charge in [0.1, 0.15) is 11.5 Å². The van der Waals surface area contributed by atoms with E-state index in [1.807, 2.05) is 19.1 Å². The Morgan fingerprint density at radius 1 is 1.14 bits per heavy atom. The first kappa shape index (κ1) is 13.9. The van der Waals surface area contributed by atoms with Gasteiger partial charge in [0.15, 0.2) is 5.69 Å². The van der Waals surface area contributed by atoms with E-state index in [-0.39, 0.29) is 17.0 Å². The quantitative estimate of drug-likeness (QED) is 0.806. The molecule has 6 heteroatoms. The van der Waals surface area contributed by atoms with Gasteiger partial charge in [-0.1, -0.05) is 35.0 Å². The molecule has 0 saturated carbocycles. The second-order valence-corrected chi connectivity index (χ2v) is 4.82. The number of aryl methyl sites for hydroxylation is 1. The smallest absolute Gasteiger partial charge is 0.357 e. The number of carboxylic acid groups (broad SMARTS) is 1. The van der Waals surface area contributed by atoms with E-state index < -0.39 is 11.8 Å². The number of rotatable bonds is 3. The van der Waals surface area contributed by atoms with Crippen LogP contribution in [0, 0.1) is 12.7 Å². The van der Waals surface area contributed by atoms with Crippen LogP contribution < -0.4 is 0 Å². The Morgan fingerprint density at radius 3 is 2.45 bits per heavy atom. The monoisotopic (exact) mass is 297 g/mol. The lowest BCUT2D eigenvalue weighted by atomic mass is 10.1. The first-order valence-corrected chi connectivity index (χ1v) is 6.59. The van der Waals surface area contributed by atoms with Crippen LogP contribution in [0.25, 0.3) is 16.9 Å². The molecule has 0 atom stereocenters. The van der Waals surface area contributed by atoms with Crippen molar-refractivity contribution in [3.05, 3.63) is 65.6 Å². The molecule has 1 heterocycles. The molecule has 22 heavy (non-hydrogen) atoms. The van der Waals surface area contributed by atoms with Crippen LogP contribution in [0.5, 0.6) is 0 Å². The standard InChI is InChI=1S/C16H12FN3O2/c1-10-6-8-11(9-7-10)20-15(16(21)22)14(18-19-20)12-4-2-3-5-13(12)17/h2-9H,1H3,(H,21,22). The number of carbonyl (C=O) groups is 1. The third kappa shape index (κ3) is 2.35. The molecule has 0 radical (unpaired) electrons. The van der Waals surface area contributed by atoms with Crippen molar-refractivity contribution >= 4 is 5.97 Å². The van der Waals surface area contributed by atoms with Crippen LogP contribution in [0.3, 0.4) is 0 Å². The molecule has 1 aromatic heterocycles. The highest BCUT2D eigenvalue weighted by atomic mass is 19.1. The molecule has 1 N–H and O–H groups in total. The molecular weight excluding hydrogens is 285 g/mol. The summed E-state index contributed by atoms with van der Waals surface area (Å²) in [5.41, 5.74) is 1.53. The Kier molecular flexibility index (Phi) is 3.42. The van der Waals surface area contributed by atoms with Gasteiger partial charge in [0.25, 0.3) is 0 Å². The van der Waals surface area contributed by atoms with E-state index in [0.717, 1.165) is 5.56 Å². The van der Waals surface area contributed by atoms with Gasteiger partial charge in [-0.3, -0.25) is 0 Å². The summed E-state index contributed by atoms with van der Waals surface area (Å²) in [5, 5.41) is 17.2. The van der Waals surface area contributed by atoms with Gasteiger partial charge in [0, 0.05) is 5.56 Å². The maximum atomic E-state index is 13.9. The van der Waals surface area contributed by atoms with E-state index in [9.17, 15) is 14.3 Å².